The lowest BCUT2D eigenvalue weighted by atomic mass is 10.3. The van der Waals surface area contributed by atoms with Gasteiger partial charge in [0.1, 0.15) is 11.4 Å². The highest BCUT2D eigenvalue weighted by Crippen LogP contribution is 2.33. The molecule has 0 fully saturated rings. The Labute approximate surface area is 140 Å². The molecule has 1 heterocycles. The third kappa shape index (κ3) is 4.30. The van der Waals surface area contributed by atoms with Crippen LogP contribution in [0.1, 0.15) is 10.5 Å². The number of benzene rings is 1. The molecule has 0 saturated carbocycles. The number of H-pyrrole nitrogens is 1. The van der Waals surface area contributed by atoms with Crippen molar-refractivity contribution < 1.29 is 14.3 Å². The number of aromatic nitrogens is 1. The van der Waals surface area contributed by atoms with E-state index in [1.165, 1.54) is 12.1 Å². The molecule has 0 aliphatic heterocycles. The minimum Gasteiger partial charge on any atom is -0.482 e. The van der Waals surface area contributed by atoms with Crippen LogP contribution in [0.15, 0.2) is 30.5 Å². The zero-order valence-electron chi connectivity index (χ0n) is 11.0. The summed E-state index contributed by atoms with van der Waals surface area (Å²) in [6.07, 6.45) is 1.59. The predicted molar refractivity (Wildman–Crippen MR) is 83.4 cm³/mol. The maximum absolute atomic E-state index is 11.6. The Morgan fingerprint density at radius 3 is 2.50 bits per heavy atom. The Hall–Kier alpha value is -1.89. The monoisotopic (exact) mass is 361 g/mol. The molecule has 0 spiro atoms. The van der Waals surface area contributed by atoms with E-state index in [2.05, 4.69) is 15.8 Å². The SMILES string of the molecule is O=C(COc1cc(Cl)c(Cl)cc1Cl)NNC(=O)c1ccc[nH]1. The van der Waals surface area contributed by atoms with Crippen LogP contribution in [0.4, 0.5) is 0 Å². The molecule has 0 aliphatic carbocycles. The lowest BCUT2D eigenvalue weighted by Crippen LogP contribution is -2.43. The Morgan fingerprint density at radius 1 is 1.09 bits per heavy atom. The second kappa shape index (κ2) is 7.40. The van der Waals surface area contributed by atoms with Gasteiger partial charge in [0.05, 0.1) is 15.1 Å². The Morgan fingerprint density at radius 2 is 1.82 bits per heavy atom. The fourth-order valence-electron chi connectivity index (χ4n) is 1.46. The van der Waals surface area contributed by atoms with E-state index in [9.17, 15) is 9.59 Å². The topological polar surface area (TPSA) is 83.2 Å². The molecule has 2 aromatic rings. The van der Waals surface area contributed by atoms with Gasteiger partial charge in [-0.1, -0.05) is 34.8 Å². The molecule has 0 radical (unpaired) electrons. The quantitative estimate of drug-likeness (QED) is 0.578. The maximum Gasteiger partial charge on any atom is 0.286 e. The fourth-order valence-corrected chi connectivity index (χ4v) is 2.05. The smallest absolute Gasteiger partial charge is 0.286 e. The Balaban J connectivity index is 1.83. The molecular weight excluding hydrogens is 353 g/mol. The largest absolute Gasteiger partial charge is 0.482 e. The van der Waals surface area contributed by atoms with E-state index in [0.29, 0.717) is 5.69 Å². The van der Waals surface area contributed by atoms with Gasteiger partial charge in [0, 0.05) is 12.3 Å². The van der Waals surface area contributed by atoms with Crippen LogP contribution in [0.3, 0.4) is 0 Å². The van der Waals surface area contributed by atoms with Gasteiger partial charge in [-0.15, -0.1) is 0 Å². The van der Waals surface area contributed by atoms with E-state index in [-0.39, 0.29) is 27.4 Å². The molecule has 0 unspecified atom stereocenters. The maximum atomic E-state index is 11.6. The van der Waals surface area contributed by atoms with Crippen molar-refractivity contribution in [3.8, 4) is 5.75 Å². The Kier molecular flexibility index (Phi) is 5.54. The molecule has 0 saturated heterocycles. The van der Waals surface area contributed by atoms with Crippen molar-refractivity contribution in [2.75, 3.05) is 6.61 Å². The zero-order chi connectivity index (χ0) is 16.1. The van der Waals surface area contributed by atoms with Crippen LogP contribution >= 0.6 is 34.8 Å². The second-order valence-corrected chi connectivity index (χ2v) is 5.29. The number of rotatable bonds is 4. The molecule has 22 heavy (non-hydrogen) atoms. The summed E-state index contributed by atoms with van der Waals surface area (Å²) in [4.78, 5) is 25.9. The molecule has 116 valence electrons. The molecule has 0 atom stereocenters. The fraction of sp³-hybridized carbons (Fsp3) is 0.0769. The molecule has 2 amide bonds. The number of carbonyl (C=O) groups is 2. The van der Waals surface area contributed by atoms with Gasteiger partial charge in [-0.3, -0.25) is 20.4 Å². The van der Waals surface area contributed by atoms with Gasteiger partial charge in [0.15, 0.2) is 6.61 Å². The van der Waals surface area contributed by atoms with Gasteiger partial charge in [-0.05, 0) is 18.2 Å². The van der Waals surface area contributed by atoms with E-state index in [4.69, 9.17) is 39.5 Å². The van der Waals surface area contributed by atoms with E-state index in [1.807, 2.05) is 0 Å². The van der Waals surface area contributed by atoms with Gasteiger partial charge < -0.3 is 9.72 Å². The molecule has 0 aliphatic rings. The van der Waals surface area contributed by atoms with Crippen molar-refractivity contribution in [3.63, 3.8) is 0 Å². The zero-order valence-corrected chi connectivity index (χ0v) is 13.2. The van der Waals surface area contributed by atoms with Crippen molar-refractivity contribution >= 4 is 46.6 Å². The van der Waals surface area contributed by atoms with Crippen LogP contribution in [0.5, 0.6) is 5.75 Å². The second-order valence-electron chi connectivity index (χ2n) is 4.07. The molecule has 0 bridgehead atoms. The highest BCUT2D eigenvalue weighted by Gasteiger charge is 2.11. The summed E-state index contributed by atoms with van der Waals surface area (Å²) in [6.45, 7) is -0.358. The van der Waals surface area contributed by atoms with Gasteiger partial charge in [0.25, 0.3) is 11.8 Å². The van der Waals surface area contributed by atoms with Gasteiger partial charge in [-0.2, -0.15) is 0 Å². The molecule has 9 heteroatoms. The van der Waals surface area contributed by atoms with E-state index in [1.54, 1.807) is 18.3 Å². The molecule has 1 aromatic heterocycles. The van der Waals surface area contributed by atoms with Crippen LogP contribution in [-0.4, -0.2) is 23.4 Å². The van der Waals surface area contributed by atoms with Crippen LogP contribution in [0.25, 0.3) is 0 Å². The normalized spacial score (nSPS) is 10.1. The number of amides is 2. The van der Waals surface area contributed by atoms with E-state index in [0.717, 1.165) is 0 Å². The van der Waals surface area contributed by atoms with Crippen LogP contribution < -0.4 is 15.6 Å². The standard InChI is InChI=1S/C13H10Cl3N3O3/c14-7-4-9(16)11(5-8(7)15)22-6-12(20)18-19-13(21)10-2-1-3-17-10/h1-5,17H,6H2,(H,18,20)(H,19,21). The first-order valence-electron chi connectivity index (χ1n) is 5.97. The van der Waals surface area contributed by atoms with E-state index < -0.39 is 11.8 Å². The highest BCUT2D eigenvalue weighted by molar-refractivity contribution is 6.43. The number of nitrogens with one attached hydrogen (secondary N) is 3. The lowest BCUT2D eigenvalue weighted by molar-refractivity contribution is -0.123. The molecular formula is C13H10Cl3N3O3. The lowest BCUT2D eigenvalue weighted by Gasteiger charge is -2.10. The number of hydrazine groups is 1. The summed E-state index contributed by atoms with van der Waals surface area (Å²) < 4.78 is 5.21. The first-order chi connectivity index (χ1) is 10.5. The van der Waals surface area contributed by atoms with Crippen molar-refractivity contribution in [1.82, 2.24) is 15.8 Å². The molecule has 2 rings (SSSR count). The first-order valence-corrected chi connectivity index (χ1v) is 7.10. The van der Waals surface area contributed by atoms with Crippen LogP contribution in [0, 0.1) is 0 Å². The molecule has 3 N–H and O–H groups in total. The van der Waals surface area contributed by atoms with Crippen molar-refractivity contribution in [1.29, 1.82) is 0 Å². The minimum atomic E-state index is -0.568. The average Bonchev–Trinajstić information content (AvgIpc) is 3.01. The van der Waals surface area contributed by atoms with E-state index >= 15 is 0 Å². The number of aromatic amines is 1. The highest BCUT2D eigenvalue weighted by atomic mass is 35.5. The van der Waals surface area contributed by atoms with Gasteiger partial charge >= 0.3 is 0 Å². The number of halogens is 3. The third-order valence-electron chi connectivity index (χ3n) is 2.49. The van der Waals surface area contributed by atoms with Gasteiger partial charge in [0.2, 0.25) is 0 Å². The minimum absolute atomic E-state index is 0.210. The summed E-state index contributed by atoms with van der Waals surface area (Å²) >= 11 is 17.5. The molecule has 6 nitrogen and oxygen atoms in total. The number of hydrogen-bond donors (Lipinski definition) is 3. The van der Waals surface area contributed by atoms with Crippen molar-refractivity contribution in [3.05, 3.63) is 51.2 Å². The summed E-state index contributed by atoms with van der Waals surface area (Å²) in [5.41, 5.74) is 4.74. The number of hydrogen-bond acceptors (Lipinski definition) is 3. The molecule has 1 aromatic carbocycles. The predicted octanol–water partition coefficient (Wildman–Crippen LogP) is 2.81. The van der Waals surface area contributed by atoms with Crippen molar-refractivity contribution in [2.24, 2.45) is 0 Å². The summed E-state index contributed by atoms with van der Waals surface area (Å²) in [5.74, 6) is -0.838. The van der Waals surface area contributed by atoms with Crippen LogP contribution in [-0.2, 0) is 4.79 Å². The van der Waals surface area contributed by atoms with Gasteiger partial charge in [-0.25, -0.2) is 0 Å². The Bertz CT molecular complexity index is 689. The number of carbonyl (C=O) groups excluding carboxylic acids is 2. The first kappa shape index (κ1) is 16.5. The summed E-state index contributed by atoms with van der Waals surface area (Å²) in [7, 11) is 0. The van der Waals surface area contributed by atoms with Crippen LogP contribution in [0.2, 0.25) is 15.1 Å². The average molecular weight is 363 g/mol. The number of ether oxygens (including phenoxy) is 1. The van der Waals surface area contributed by atoms with Crippen molar-refractivity contribution in [2.45, 2.75) is 0 Å². The summed E-state index contributed by atoms with van der Waals surface area (Å²) in [5, 5.41) is 0.751. The third-order valence-corrected chi connectivity index (χ3v) is 3.51. The summed E-state index contributed by atoms with van der Waals surface area (Å²) in [6, 6.07) is 6.03.